The zero-order chi connectivity index (χ0) is 11.0. The predicted molar refractivity (Wildman–Crippen MR) is 60.2 cm³/mol. The van der Waals surface area contributed by atoms with Gasteiger partial charge in [0.05, 0.1) is 6.20 Å². The fraction of sp³-hybridized carbons (Fsp3) is 0.545. The van der Waals surface area contributed by atoms with Crippen LogP contribution < -0.4 is 5.32 Å². The molecular formula is C11H15N5. The normalized spacial score (nSPS) is 20.1. The van der Waals surface area contributed by atoms with Crippen LogP contribution in [0.5, 0.6) is 0 Å². The lowest BCUT2D eigenvalue weighted by Gasteiger charge is -2.32. The van der Waals surface area contributed by atoms with Crippen LogP contribution in [0.3, 0.4) is 0 Å². The first-order valence-corrected chi connectivity index (χ1v) is 5.66. The van der Waals surface area contributed by atoms with Crippen molar-refractivity contribution in [3.63, 3.8) is 0 Å². The highest BCUT2D eigenvalue weighted by atomic mass is 15.3. The maximum atomic E-state index is 4.34. The molecule has 0 amide bonds. The number of hydrogen-bond acceptors (Lipinski definition) is 4. The SMILES string of the molecule is CC1(c2nnc3cnccn23)CCNCC1. The summed E-state index contributed by atoms with van der Waals surface area (Å²) < 4.78 is 2.05. The monoisotopic (exact) mass is 217 g/mol. The number of rotatable bonds is 1. The van der Waals surface area contributed by atoms with Crippen LogP contribution in [0, 0.1) is 0 Å². The van der Waals surface area contributed by atoms with Gasteiger partial charge in [-0.05, 0) is 25.9 Å². The fourth-order valence-corrected chi connectivity index (χ4v) is 2.37. The largest absolute Gasteiger partial charge is 0.317 e. The minimum Gasteiger partial charge on any atom is -0.317 e. The number of nitrogens with zero attached hydrogens (tertiary/aromatic N) is 4. The van der Waals surface area contributed by atoms with Crippen LogP contribution in [0.2, 0.25) is 0 Å². The van der Waals surface area contributed by atoms with E-state index in [1.807, 2.05) is 6.20 Å². The predicted octanol–water partition coefficient (Wildman–Crippen LogP) is 0.765. The van der Waals surface area contributed by atoms with Crippen molar-refractivity contribution in [1.29, 1.82) is 0 Å². The van der Waals surface area contributed by atoms with Crippen LogP contribution >= 0.6 is 0 Å². The molecule has 3 rings (SSSR count). The van der Waals surface area contributed by atoms with Crippen LogP contribution in [0.15, 0.2) is 18.6 Å². The zero-order valence-corrected chi connectivity index (χ0v) is 9.35. The molecule has 5 heteroatoms. The Morgan fingerprint density at radius 3 is 2.94 bits per heavy atom. The zero-order valence-electron chi connectivity index (χ0n) is 9.35. The summed E-state index contributed by atoms with van der Waals surface area (Å²) in [7, 11) is 0. The van der Waals surface area contributed by atoms with Gasteiger partial charge in [0.1, 0.15) is 5.82 Å². The van der Waals surface area contributed by atoms with Gasteiger partial charge in [-0.1, -0.05) is 6.92 Å². The molecule has 1 fully saturated rings. The summed E-state index contributed by atoms with van der Waals surface area (Å²) in [6, 6.07) is 0. The van der Waals surface area contributed by atoms with Gasteiger partial charge in [-0.3, -0.25) is 9.38 Å². The molecule has 84 valence electrons. The van der Waals surface area contributed by atoms with Crippen molar-refractivity contribution in [3.8, 4) is 0 Å². The lowest BCUT2D eigenvalue weighted by Crippen LogP contribution is -2.39. The molecule has 1 saturated heterocycles. The summed E-state index contributed by atoms with van der Waals surface area (Å²) >= 11 is 0. The van der Waals surface area contributed by atoms with Crippen molar-refractivity contribution in [2.75, 3.05) is 13.1 Å². The third kappa shape index (κ3) is 1.39. The molecule has 0 spiro atoms. The highest BCUT2D eigenvalue weighted by Gasteiger charge is 2.33. The van der Waals surface area contributed by atoms with Gasteiger partial charge in [0.25, 0.3) is 0 Å². The first-order chi connectivity index (χ1) is 7.80. The van der Waals surface area contributed by atoms with E-state index in [4.69, 9.17) is 0 Å². The lowest BCUT2D eigenvalue weighted by atomic mass is 9.80. The Hall–Kier alpha value is -1.49. The van der Waals surface area contributed by atoms with Gasteiger partial charge in [-0.15, -0.1) is 10.2 Å². The van der Waals surface area contributed by atoms with Crippen LogP contribution in [0.1, 0.15) is 25.6 Å². The van der Waals surface area contributed by atoms with E-state index in [2.05, 4.69) is 31.8 Å². The molecule has 0 unspecified atom stereocenters. The van der Waals surface area contributed by atoms with E-state index in [9.17, 15) is 0 Å². The molecule has 0 radical (unpaired) electrons. The second-order valence-corrected chi connectivity index (χ2v) is 4.64. The molecule has 0 aromatic carbocycles. The molecule has 1 aliphatic heterocycles. The van der Waals surface area contributed by atoms with Crippen molar-refractivity contribution in [2.45, 2.75) is 25.2 Å². The molecule has 2 aromatic rings. The fourth-order valence-electron chi connectivity index (χ4n) is 2.37. The smallest absolute Gasteiger partial charge is 0.179 e. The van der Waals surface area contributed by atoms with E-state index in [1.165, 1.54) is 0 Å². The second-order valence-electron chi connectivity index (χ2n) is 4.64. The maximum absolute atomic E-state index is 4.34. The molecule has 5 nitrogen and oxygen atoms in total. The van der Waals surface area contributed by atoms with Crippen molar-refractivity contribution in [3.05, 3.63) is 24.4 Å². The second kappa shape index (κ2) is 3.52. The van der Waals surface area contributed by atoms with Gasteiger partial charge in [-0.2, -0.15) is 0 Å². The number of nitrogens with one attached hydrogen (secondary N) is 1. The van der Waals surface area contributed by atoms with E-state index in [-0.39, 0.29) is 5.41 Å². The third-order valence-corrected chi connectivity index (χ3v) is 3.46. The third-order valence-electron chi connectivity index (χ3n) is 3.46. The summed E-state index contributed by atoms with van der Waals surface area (Å²) in [6.07, 6.45) is 7.69. The summed E-state index contributed by atoms with van der Waals surface area (Å²) in [5.41, 5.74) is 0.962. The van der Waals surface area contributed by atoms with E-state index in [0.717, 1.165) is 37.4 Å². The Morgan fingerprint density at radius 1 is 1.31 bits per heavy atom. The Kier molecular flexibility index (Phi) is 2.14. The molecule has 1 aliphatic rings. The van der Waals surface area contributed by atoms with Crippen LogP contribution in [0.25, 0.3) is 5.65 Å². The number of fused-ring (bicyclic) bond motifs is 1. The van der Waals surface area contributed by atoms with Gasteiger partial charge in [-0.25, -0.2) is 0 Å². The van der Waals surface area contributed by atoms with Crippen molar-refractivity contribution in [1.82, 2.24) is 24.9 Å². The first-order valence-electron chi connectivity index (χ1n) is 5.66. The summed E-state index contributed by atoms with van der Waals surface area (Å²) in [4.78, 5) is 4.06. The van der Waals surface area contributed by atoms with E-state index in [0.29, 0.717) is 0 Å². The lowest BCUT2D eigenvalue weighted by molar-refractivity contribution is 0.316. The van der Waals surface area contributed by atoms with Crippen molar-refractivity contribution >= 4 is 5.65 Å². The van der Waals surface area contributed by atoms with Crippen molar-refractivity contribution in [2.24, 2.45) is 0 Å². The molecule has 1 N–H and O–H groups in total. The standard InChI is InChI=1S/C11H15N5/c1-11(2-4-12-5-3-11)10-15-14-9-8-13-6-7-16(9)10/h6-8,12H,2-5H2,1H3. The van der Waals surface area contributed by atoms with Gasteiger partial charge in [0.2, 0.25) is 0 Å². The summed E-state index contributed by atoms with van der Waals surface area (Å²) in [5, 5.41) is 11.9. The molecule has 2 aromatic heterocycles. The number of aromatic nitrogens is 4. The van der Waals surface area contributed by atoms with E-state index in [1.54, 1.807) is 12.4 Å². The minimum atomic E-state index is 0.131. The average Bonchev–Trinajstić information content (AvgIpc) is 2.74. The Labute approximate surface area is 93.9 Å². The number of piperidine rings is 1. The molecular weight excluding hydrogens is 202 g/mol. The van der Waals surface area contributed by atoms with Crippen LogP contribution in [-0.2, 0) is 5.41 Å². The molecule has 0 saturated carbocycles. The van der Waals surface area contributed by atoms with Crippen LogP contribution in [0.4, 0.5) is 0 Å². The first kappa shape index (κ1) is 9.72. The van der Waals surface area contributed by atoms with E-state index >= 15 is 0 Å². The average molecular weight is 217 g/mol. The van der Waals surface area contributed by atoms with Gasteiger partial charge >= 0.3 is 0 Å². The quantitative estimate of drug-likeness (QED) is 0.766. The summed E-state index contributed by atoms with van der Waals surface area (Å²) in [6.45, 7) is 4.37. The highest BCUT2D eigenvalue weighted by molar-refractivity contribution is 5.35. The molecule has 0 bridgehead atoms. The Bertz CT molecular complexity index is 498. The maximum Gasteiger partial charge on any atom is 0.179 e. The molecule has 0 aliphatic carbocycles. The van der Waals surface area contributed by atoms with Gasteiger partial charge < -0.3 is 5.32 Å². The molecule has 0 atom stereocenters. The Balaban J connectivity index is 2.11. The minimum absolute atomic E-state index is 0.131. The summed E-state index contributed by atoms with van der Waals surface area (Å²) in [5.74, 6) is 1.06. The van der Waals surface area contributed by atoms with Crippen molar-refractivity contribution < 1.29 is 0 Å². The van der Waals surface area contributed by atoms with E-state index < -0.39 is 0 Å². The molecule has 3 heterocycles. The Morgan fingerprint density at radius 2 is 2.12 bits per heavy atom. The topological polar surface area (TPSA) is 55.1 Å². The highest BCUT2D eigenvalue weighted by Crippen LogP contribution is 2.31. The number of hydrogen-bond donors (Lipinski definition) is 1. The van der Waals surface area contributed by atoms with Crippen LogP contribution in [-0.4, -0.2) is 32.7 Å². The van der Waals surface area contributed by atoms with Gasteiger partial charge in [0.15, 0.2) is 5.65 Å². The van der Waals surface area contributed by atoms with Gasteiger partial charge in [0, 0.05) is 17.8 Å². The molecule has 16 heavy (non-hydrogen) atoms.